The van der Waals surface area contributed by atoms with Crippen LogP contribution in [0.1, 0.15) is 49.0 Å². The van der Waals surface area contributed by atoms with Crippen LogP contribution in [-0.2, 0) is 6.54 Å². The van der Waals surface area contributed by atoms with Crippen molar-refractivity contribution in [2.75, 3.05) is 6.54 Å². The van der Waals surface area contributed by atoms with Gasteiger partial charge in [-0.2, -0.15) is 10.2 Å². The summed E-state index contributed by atoms with van der Waals surface area (Å²) in [6, 6.07) is 13.5. The van der Waals surface area contributed by atoms with Crippen molar-refractivity contribution in [3.05, 3.63) is 71.8 Å². The molecule has 2 fully saturated rings. The van der Waals surface area contributed by atoms with Gasteiger partial charge in [0.15, 0.2) is 5.82 Å². The van der Waals surface area contributed by atoms with Crippen molar-refractivity contribution in [3.8, 4) is 22.6 Å². The molecule has 1 saturated carbocycles. The molecule has 1 amide bonds. The fraction of sp³-hybridized carbons (Fsp3) is 0.353. The van der Waals surface area contributed by atoms with Gasteiger partial charge in [-0.3, -0.25) is 9.89 Å². The second-order valence-electron chi connectivity index (χ2n) is 12.7. The van der Waals surface area contributed by atoms with Crippen molar-refractivity contribution >= 4 is 33.4 Å². The summed E-state index contributed by atoms with van der Waals surface area (Å²) in [5, 5.41) is 13.5. The van der Waals surface area contributed by atoms with E-state index in [-0.39, 0.29) is 29.7 Å². The van der Waals surface area contributed by atoms with Crippen LogP contribution in [0.25, 0.3) is 50.1 Å². The monoisotopic (exact) mass is 590 g/mol. The Balaban J connectivity index is 1.21. The Morgan fingerprint density at radius 3 is 2.75 bits per heavy atom. The van der Waals surface area contributed by atoms with Gasteiger partial charge in [-0.15, -0.1) is 0 Å². The maximum absolute atomic E-state index is 15.5. The normalized spacial score (nSPS) is 20.5. The van der Waals surface area contributed by atoms with Crippen LogP contribution in [0.4, 0.5) is 4.39 Å². The number of carbonyl (C=O) groups is 1. The summed E-state index contributed by atoms with van der Waals surface area (Å²) in [5.74, 6) is 0.478. The number of nitrogens with zero attached hydrogens (tertiary/aromatic N) is 6. The number of H-pyrrole nitrogens is 1. The highest BCUT2D eigenvalue weighted by atomic mass is 19.1. The Morgan fingerprint density at radius 1 is 1.14 bits per heavy atom. The summed E-state index contributed by atoms with van der Waals surface area (Å²) in [6.45, 7) is 7.75. The smallest absolute Gasteiger partial charge is 0.255 e. The summed E-state index contributed by atoms with van der Waals surface area (Å²) in [7, 11) is 0. The van der Waals surface area contributed by atoms with E-state index >= 15 is 4.39 Å². The summed E-state index contributed by atoms with van der Waals surface area (Å²) >= 11 is 0. The van der Waals surface area contributed by atoms with Gasteiger partial charge in [0.05, 0.1) is 28.7 Å². The molecular weight excluding hydrogens is 555 g/mol. The lowest BCUT2D eigenvalue weighted by Crippen LogP contribution is -2.42. The van der Waals surface area contributed by atoms with E-state index in [1.165, 1.54) is 12.8 Å². The second-order valence-corrected chi connectivity index (χ2v) is 12.7. The number of aromatic nitrogens is 6. The van der Waals surface area contributed by atoms with E-state index in [0.717, 1.165) is 51.9 Å². The lowest BCUT2D eigenvalue weighted by Gasteiger charge is -2.25. The van der Waals surface area contributed by atoms with Gasteiger partial charge < -0.3 is 15.2 Å². The molecule has 0 radical (unpaired) electrons. The number of amides is 1. The lowest BCUT2D eigenvalue weighted by atomic mass is 10.0. The van der Waals surface area contributed by atoms with Crippen LogP contribution in [0.3, 0.4) is 0 Å². The first-order chi connectivity index (χ1) is 21.3. The Bertz CT molecular complexity index is 2090. The third-order valence-electron chi connectivity index (χ3n) is 9.74. The maximum atomic E-state index is 15.5. The first-order valence-corrected chi connectivity index (χ1v) is 15.5. The standard InChI is InChI=1S/C34H35FN8O/c1-4-26-30(36)18(2)15-42(26)34(44)23-9-12-27-19(3)31(40-43(27)17-23)28-13-21-8-11-25(38-33(21)41(28)16-20-5-6-20)24-10-7-22-14-37-39-32(22)29(24)35/h7-14,17-18,20,26,30H,4-6,15-16,36H2,1-3H3,(H,37,39)/t18?,26?,30-/m1/s1. The largest absolute Gasteiger partial charge is 0.334 e. The van der Waals surface area contributed by atoms with Gasteiger partial charge >= 0.3 is 0 Å². The highest BCUT2D eigenvalue weighted by Gasteiger charge is 2.39. The molecule has 10 heteroatoms. The number of carbonyl (C=O) groups excluding carboxylic acids is 1. The van der Waals surface area contributed by atoms with Crippen molar-refractivity contribution in [1.29, 1.82) is 0 Å². The van der Waals surface area contributed by atoms with E-state index in [1.54, 1.807) is 12.3 Å². The van der Waals surface area contributed by atoms with E-state index in [9.17, 15) is 4.79 Å². The van der Waals surface area contributed by atoms with Crippen LogP contribution >= 0.6 is 0 Å². The predicted octanol–water partition coefficient (Wildman–Crippen LogP) is 5.95. The van der Waals surface area contributed by atoms with Gasteiger partial charge in [0.1, 0.15) is 16.9 Å². The average molecular weight is 591 g/mol. The molecule has 6 aromatic rings. The number of rotatable bonds is 6. The van der Waals surface area contributed by atoms with Gasteiger partial charge in [0, 0.05) is 53.3 Å². The van der Waals surface area contributed by atoms with Crippen LogP contribution in [0.2, 0.25) is 0 Å². The van der Waals surface area contributed by atoms with E-state index in [0.29, 0.717) is 34.8 Å². The number of pyridine rings is 2. The van der Waals surface area contributed by atoms with Gasteiger partial charge in [0.2, 0.25) is 0 Å². The number of benzene rings is 1. The molecule has 5 aromatic heterocycles. The first-order valence-electron chi connectivity index (χ1n) is 15.5. The lowest BCUT2D eigenvalue weighted by molar-refractivity contribution is 0.0724. The van der Waals surface area contributed by atoms with Gasteiger partial charge in [-0.05, 0) is 74.4 Å². The zero-order valence-corrected chi connectivity index (χ0v) is 25.1. The summed E-state index contributed by atoms with van der Waals surface area (Å²) in [5.41, 5.74) is 13.0. The summed E-state index contributed by atoms with van der Waals surface area (Å²) in [6.07, 6.45) is 6.64. The molecule has 1 aromatic carbocycles. The first kappa shape index (κ1) is 27.0. The molecule has 1 aliphatic heterocycles. The topological polar surface area (TPSA) is 110 Å². The van der Waals surface area contributed by atoms with E-state index < -0.39 is 0 Å². The quantitative estimate of drug-likeness (QED) is 0.249. The predicted molar refractivity (Wildman–Crippen MR) is 169 cm³/mol. The van der Waals surface area contributed by atoms with Gasteiger partial charge in [0.25, 0.3) is 5.91 Å². The molecule has 0 bridgehead atoms. The van der Waals surface area contributed by atoms with Gasteiger partial charge in [-0.1, -0.05) is 19.9 Å². The number of likely N-dealkylation sites (tertiary alicyclic amines) is 1. The minimum atomic E-state index is -0.357. The van der Waals surface area contributed by atoms with Crippen molar-refractivity contribution in [1.82, 2.24) is 34.3 Å². The third kappa shape index (κ3) is 4.15. The maximum Gasteiger partial charge on any atom is 0.255 e. The molecule has 224 valence electrons. The Kier molecular flexibility index (Phi) is 6.13. The van der Waals surface area contributed by atoms with Crippen molar-refractivity contribution in [2.24, 2.45) is 17.6 Å². The van der Waals surface area contributed by atoms with Crippen molar-refractivity contribution in [2.45, 2.75) is 58.7 Å². The summed E-state index contributed by atoms with van der Waals surface area (Å²) in [4.78, 5) is 20.6. The number of halogens is 1. The van der Waals surface area contributed by atoms with E-state index in [2.05, 4.69) is 41.6 Å². The molecule has 2 aliphatic rings. The van der Waals surface area contributed by atoms with Crippen LogP contribution in [0, 0.1) is 24.6 Å². The van der Waals surface area contributed by atoms with Crippen LogP contribution < -0.4 is 5.73 Å². The minimum Gasteiger partial charge on any atom is -0.334 e. The van der Waals surface area contributed by atoms with E-state index in [1.807, 2.05) is 45.9 Å². The molecule has 9 nitrogen and oxygen atoms in total. The Labute approximate surface area is 253 Å². The fourth-order valence-electron chi connectivity index (χ4n) is 6.98. The zero-order chi connectivity index (χ0) is 30.3. The summed E-state index contributed by atoms with van der Waals surface area (Å²) < 4.78 is 19.5. The molecule has 3 N–H and O–H groups in total. The number of nitrogens with one attached hydrogen (secondary N) is 1. The molecule has 0 spiro atoms. The third-order valence-corrected chi connectivity index (χ3v) is 9.74. The van der Waals surface area contributed by atoms with Crippen LogP contribution in [0.15, 0.2) is 54.9 Å². The number of hydrogen-bond acceptors (Lipinski definition) is 5. The molecule has 1 saturated heterocycles. The molecular formula is C34H35FN8O. The SMILES string of the molecule is CCC1[C@H](N)C(C)CN1C(=O)c1ccc2c(C)c(-c3cc4ccc(-c5ccc6cn[nH]c6c5F)nc4n3CC3CC3)nn2c1. The average Bonchev–Trinajstić information content (AvgIpc) is 3.31. The molecule has 8 rings (SSSR count). The highest BCUT2D eigenvalue weighted by Crippen LogP contribution is 2.38. The molecule has 3 atom stereocenters. The van der Waals surface area contributed by atoms with E-state index in [4.69, 9.17) is 15.8 Å². The number of aryl methyl sites for hydroxylation is 1. The number of fused-ring (bicyclic) bond motifs is 3. The number of hydrogen-bond donors (Lipinski definition) is 2. The number of nitrogens with two attached hydrogens (primary N) is 1. The number of aromatic amines is 1. The van der Waals surface area contributed by atoms with Crippen molar-refractivity contribution < 1.29 is 9.18 Å². The van der Waals surface area contributed by atoms with Gasteiger partial charge in [-0.25, -0.2) is 13.9 Å². The Morgan fingerprint density at radius 2 is 1.95 bits per heavy atom. The van der Waals surface area contributed by atoms with Crippen molar-refractivity contribution in [3.63, 3.8) is 0 Å². The van der Waals surface area contributed by atoms with Crippen LogP contribution in [0.5, 0.6) is 0 Å². The van der Waals surface area contributed by atoms with Crippen LogP contribution in [-0.4, -0.2) is 58.8 Å². The molecule has 1 aliphatic carbocycles. The second kappa shape index (κ2) is 9.99. The molecule has 44 heavy (non-hydrogen) atoms. The minimum absolute atomic E-state index is 0.00613. The molecule has 6 heterocycles. The molecule has 2 unspecified atom stereocenters. The Hall–Kier alpha value is -4.57. The highest BCUT2D eigenvalue weighted by molar-refractivity contribution is 5.95. The fourth-order valence-corrected chi connectivity index (χ4v) is 6.98. The zero-order valence-electron chi connectivity index (χ0n) is 25.1.